The fourth-order valence-electron chi connectivity index (χ4n) is 1.39. The highest BCUT2D eigenvalue weighted by molar-refractivity contribution is 6.30. The van der Waals surface area contributed by atoms with E-state index in [0.717, 1.165) is 24.1 Å². The molecular weight excluding hydrogens is 232 g/mol. The van der Waals surface area contributed by atoms with Crippen LogP contribution in [0.25, 0.3) is 0 Å². The molecule has 4 heteroatoms. The van der Waals surface area contributed by atoms with Gasteiger partial charge in [0.1, 0.15) is 11.6 Å². The quantitative estimate of drug-likeness (QED) is 0.630. The van der Waals surface area contributed by atoms with Crippen LogP contribution in [0.2, 0.25) is 5.02 Å². The van der Waals surface area contributed by atoms with Gasteiger partial charge >= 0.3 is 0 Å². The minimum absolute atomic E-state index is 0.136. The molecule has 16 heavy (non-hydrogen) atoms. The predicted molar refractivity (Wildman–Crippen MR) is 62.3 cm³/mol. The molecule has 0 heterocycles. The molecule has 0 aliphatic rings. The highest BCUT2D eigenvalue weighted by atomic mass is 35.5. The fourth-order valence-corrected chi connectivity index (χ4v) is 1.54. The van der Waals surface area contributed by atoms with E-state index in [4.69, 9.17) is 17.3 Å². The minimum Gasteiger partial charge on any atom is -0.324 e. The average Bonchev–Trinajstić information content (AvgIpc) is 2.23. The van der Waals surface area contributed by atoms with Crippen molar-refractivity contribution in [3.63, 3.8) is 0 Å². The number of hydrogen-bond acceptors (Lipinski definition) is 1. The van der Waals surface area contributed by atoms with E-state index in [2.05, 4.69) is 6.58 Å². The molecule has 1 nitrogen and oxygen atoms in total. The summed E-state index contributed by atoms with van der Waals surface area (Å²) in [5.41, 5.74) is 6.82. The van der Waals surface area contributed by atoms with Crippen molar-refractivity contribution in [2.75, 3.05) is 0 Å². The molecule has 1 unspecified atom stereocenters. The van der Waals surface area contributed by atoms with Crippen LogP contribution in [0.1, 0.15) is 31.4 Å². The predicted octanol–water partition coefficient (Wildman–Crippen LogP) is 3.97. The molecule has 1 aromatic carbocycles. The molecule has 0 bridgehead atoms. The molecule has 0 spiro atoms. The molecule has 1 atom stereocenters. The molecule has 2 N–H and O–H groups in total. The van der Waals surface area contributed by atoms with Crippen LogP contribution in [0.5, 0.6) is 0 Å². The summed E-state index contributed by atoms with van der Waals surface area (Å²) in [6, 6.07) is 1.41. The molecule has 0 saturated heterocycles. The highest BCUT2D eigenvalue weighted by Crippen LogP contribution is 2.26. The van der Waals surface area contributed by atoms with E-state index in [0.29, 0.717) is 6.42 Å². The van der Waals surface area contributed by atoms with E-state index >= 15 is 0 Å². The second-order valence-corrected chi connectivity index (χ2v) is 4.11. The summed E-state index contributed by atoms with van der Waals surface area (Å²) < 4.78 is 26.6. The van der Waals surface area contributed by atoms with Crippen LogP contribution in [0.4, 0.5) is 8.78 Å². The van der Waals surface area contributed by atoms with E-state index in [1.54, 1.807) is 0 Å². The van der Waals surface area contributed by atoms with Crippen LogP contribution in [0, 0.1) is 11.6 Å². The Kier molecular flexibility index (Phi) is 4.44. The minimum atomic E-state index is -0.657. The van der Waals surface area contributed by atoms with Gasteiger partial charge in [-0.15, -0.1) is 0 Å². The average molecular weight is 246 g/mol. The van der Waals surface area contributed by atoms with Crippen molar-refractivity contribution in [2.45, 2.75) is 25.8 Å². The fraction of sp³-hybridized carbons (Fsp3) is 0.333. The lowest BCUT2D eigenvalue weighted by atomic mass is 9.99. The van der Waals surface area contributed by atoms with Crippen LogP contribution >= 0.6 is 11.6 Å². The first-order valence-corrected chi connectivity index (χ1v) is 5.40. The molecule has 0 aliphatic heterocycles. The molecule has 0 radical (unpaired) electrons. The lowest BCUT2D eigenvalue weighted by Gasteiger charge is -2.14. The Labute approximate surface area is 98.9 Å². The molecular formula is C12H14ClF2N. The number of nitrogens with two attached hydrogens (primary N) is 1. The van der Waals surface area contributed by atoms with Crippen molar-refractivity contribution < 1.29 is 8.78 Å². The second-order valence-electron chi connectivity index (χ2n) is 3.70. The Balaban J connectivity index is 2.95. The molecule has 1 rings (SSSR count). The third-order valence-corrected chi connectivity index (χ3v) is 2.74. The zero-order valence-corrected chi connectivity index (χ0v) is 9.82. The first kappa shape index (κ1) is 13.1. The molecule has 88 valence electrons. The molecule has 1 aromatic rings. The summed E-state index contributed by atoms with van der Waals surface area (Å²) in [5.74, 6) is -1.24. The zero-order chi connectivity index (χ0) is 12.3. The van der Waals surface area contributed by atoms with E-state index in [9.17, 15) is 8.78 Å². The number of benzene rings is 1. The van der Waals surface area contributed by atoms with Crippen molar-refractivity contribution in [1.29, 1.82) is 0 Å². The first-order chi connectivity index (χ1) is 7.45. The van der Waals surface area contributed by atoms with Crippen molar-refractivity contribution >= 4 is 11.6 Å². The van der Waals surface area contributed by atoms with Gasteiger partial charge < -0.3 is 5.73 Å². The van der Waals surface area contributed by atoms with Gasteiger partial charge in [-0.25, -0.2) is 8.78 Å². The third-order valence-electron chi connectivity index (χ3n) is 2.45. The zero-order valence-electron chi connectivity index (χ0n) is 9.06. The topological polar surface area (TPSA) is 26.0 Å². The molecule has 0 fully saturated rings. The van der Waals surface area contributed by atoms with Gasteiger partial charge in [-0.1, -0.05) is 30.7 Å². The summed E-state index contributed by atoms with van der Waals surface area (Å²) in [5, 5.41) is -0.234. The van der Waals surface area contributed by atoms with Gasteiger partial charge in [0, 0.05) is 11.6 Å². The van der Waals surface area contributed by atoms with Crippen molar-refractivity contribution in [3.8, 4) is 0 Å². The van der Waals surface area contributed by atoms with E-state index in [1.807, 2.05) is 6.92 Å². The number of hydrogen-bond donors (Lipinski definition) is 1. The SMILES string of the molecule is C=C(CC)CC(N)c1cc(F)c(Cl)cc1F. The van der Waals surface area contributed by atoms with E-state index in [1.165, 1.54) is 0 Å². The maximum atomic E-state index is 13.5. The van der Waals surface area contributed by atoms with E-state index < -0.39 is 17.7 Å². The van der Waals surface area contributed by atoms with Crippen LogP contribution in [-0.4, -0.2) is 0 Å². The standard InChI is InChI=1S/C12H14ClF2N/c1-3-7(2)4-12(16)8-5-11(15)9(13)6-10(8)14/h5-6,12H,2-4,16H2,1H3. The summed E-state index contributed by atoms with van der Waals surface area (Å²) in [6.45, 7) is 5.72. The largest absolute Gasteiger partial charge is 0.324 e. The Morgan fingerprint density at radius 3 is 2.62 bits per heavy atom. The van der Waals surface area contributed by atoms with Crippen molar-refractivity contribution in [3.05, 3.63) is 46.5 Å². The Bertz CT molecular complexity index is 404. The van der Waals surface area contributed by atoms with Crippen LogP contribution in [0.15, 0.2) is 24.3 Å². The summed E-state index contributed by atoms with van der Waals surface area (Å²) >= 11 is 5.45. The second kappa shape index (κ2) is 5.41. The van der Waals surface area contributed by atoms with Gasteiger partial charge in [0.2, 0.25) is 0 Å². The van der Waals surface area contributed by atoms with Gasteiger partial charge in [-0.3, -0.25) is 0 Å². The van der Waals surface area contributed by atoms with Gasteiger partial charge in [0.05, 0.1) is 5.02 Å². The Morgan fingerprint density at radius 2 is 2.06 bits per heavy atom. The summed E-state index contributed by atoms with van der Waals surface area (Å²) in [4.78, 5) is 0. The molecule has 0 aromatic heterocycles. The van der Waals surface area contributed by atoms with Gasteiger partial charge in [-0.2, -0.15) is 0 Å². The number of halogens is 3. The smallest absolute Gasteiger partial charge is 0.142 e. The van der Waals surface area contributed by atoms with Crippen LogP contribution in [0.3, 0.4) is 0 Å². The maximum Gasteiger partial charge on any atom is 0.142 e. The van der Waals surface area contributed by atoms with Crippen LogP contribution in [-0.2, 0) is 0 Å². The third kappa shape index (κ3) is 3.03. The lowest BCUT2D eigenvalue weighted by molar-refractivity contribution is 0.559. The highest BCUT2D eigenvalue weighted by Gasteiger charge is 2.15. The first-order valence-electron chi connectivity index (χ1n) is 5.02. The molecule has 0 aliphatic carbocycles. The Morgan fingerprint density at radius 1 is 1.44 bits per heavy atom. The Hall–Kier alpha value is -0.930. The summed E-state index contributed by atoms with van der Waals surface area (Å²) in [6.07, 6.45) is 1.21. The molecule has 0 amide bonds. The van der Waals surface area contributed by atoms with Gasteiger partial charge in [0.15, 0.2) is 0 Å². The molecule has 0 saturated carbocycles. The maximum absolute atomic E-state index is 13.5. The van der Waals surface area contributed by atoms with Gasteiger partial charge in [0.25, 0.3) is 0 Å². The van der Waals surface area contributed by atoms with Crippen molar-refractivity contribution in [1.82, 2.24) is 0 Å². The summed E-state index contributed by atoms with van der Waals surface area (Å²) in [7, 11) is 0. The monoisotopic (exact) mass is 245 g/mol. The normalized spacial score (nSPS) is 12.6. The van der Waals surface area contributed by atoms with Crippen LogP contribution < -0.4 is 5.73 Å². The number of rotatable bonds is 4. The van der Waals surface area contributed by atoms with Gasteiger partial charge in [-0.05, 0) is 25.0 Å². The van der Waals surface area contributed by atoms with E-state index in [-0.39, 0.29) is 10.6 Å². The lowest BCUT2D eigenvalue weighted by Crippen LogP contribution is -2.13. The van der Waals surface area contributed by atoms with Crippen molar-refractivity contribution in [2.24, 2.45) is 5.73 Å².